The molecule has 0 radical (unpaired) electrons. The summed E-state index contributed by atoms with van der Waals surface area (Å²) in [5.74, 6) is -1.13. The predicted octanol–water partition coefficient (Wildman–Crippen LogP) is 6.35. The first-order chi connectivity index (χ1) is 13.4. The smallest absolute Gasteiger partial charge is 0.129 e. The van der Waals surface area contributed by atoms with Crippen molar-refractivity contribution in [1.29, 1.82) is 0 Å². The van der Waals surface area contributed by atoms with Crippen molar-refractivity contribution in [2.24, 2.45) is 0 Å². The van der Waals surface area contributed by atoms with Crippen LogP contribution in [0.4, 0.5) is 8.78 Å². The van der Waals surface area contributed by atoms with Crippen LogP contribution >= 0.6 is 0 Å². The van der Waals surface area contributed by atoms with E-state index in [0.717, 1.165) is 41.4 Å². The Hall–Kier alpha value is -2.75. The van der Waals surface area contributed by atoms with Gasteiger partial charge in [0, 0.05) is 35.0 Å². The number of nitrogens with zero attached hydrogens (tertiary/aromatic N) is 1. The summed E-state index contributed by atoms with van der Waals surface area (Å²) in [6.45, 7) is 8.48. The molecule has 0 aliphatic carbocycles. The molecular weight excluding hydrogens is 356 g/mol. The summed E-state index contributed by atoms with van der Waals surface area (Å²) in [6.07, 6.45) is 1.89. The van der Waals surface area contributed by atoms with Gasteiger partial charge in [0.15, 0.2) is 0 Å². The minimum Gasteiger partial charge on any atom is -0.489 e. The van der Waals surface area contributed by atoms with Gasteiger partial charge in [0.1, 0.15) is 24.0 Å². The first-order valence-electron chi connectivity index (χ1n) is 9.60. The average molecular weight is 381 g/mol. The van der Waals surface area contributed by atoms with Gasteiger partial charge in [-0.1, -0.05) is 32.0 Å². The number of aromatic nitrogens is 1. The maximum atomic E-state index is 13.4. The normalized spacial score (nSPS) is 10.9. The molecule has 0 saturated heterocycles. The van der Waals surface area contributed by atoms with Crippen LogP contribution in [-0.2, 0) is 19.4 Å². The van der Waals surface area contributed by atoms with E-state index in [1.54, 1.807) is 0 Å². The molecule has 1 aromatic heterocycles. The van der Waals surface area contributed by atoms with Crippen LogP contribution in [0.2, 0.25) is 0 Å². The standard InChI is InChI=1S/C24H25F2NO/c1-5-17-8-7-9-18(6-2)24(17)23-10-15(3)22(16(4)27-23)14-28-21-12-19(25)11-20(26)13-21/h7-13H,5-6,14H2,1-4H3. The van der Waals surface area contributed by atoms with Crippen LogP contribution in [0.15, 0.2) is 42.5 Å². The lowest BCUT2D eigenvalue weighted by Gasteiger charge is -2.17. The van der Waals surface area contributed by atoms with E-state index in [-0.39, 0.29) is 12.4 Å². The zero-order chi connectivity index (χ0) is 20.3. The Bertz CT molecular complexity index is 932. The highest BCUT2D eigenvalue weighted by Crippen LogP contribution is 2.30. The van der Waals surface area contributed by atoms with Crippen molar-refractivity contribution in [3.05, 3.63) is 82.0 Å². The van der Waals surface area contributed by atoms with Crippen molar-refractivity contribution >= 4 is 0 Å². The van der Waals surface area contributed by atoms with Crippen molar-refractivity contribution in [1.82, 2.24) is 4.98 Å². The Labute approximate surface area is 165 Å². The molecule has 0 aliphatic rings. The molecule has 3 rings (SSSR count). The molecule has 0 aliphatic heterocycles. The van der Waals surface area contributed by atoms with Gasteiger partial charge < -0.3 is 4.74 Å². The Balaban J connectivity index is 1.94. The van der Waals surface area contributed by atoms with Crippen LogP contribution in [0.3, 0.4) is 0 Å². The summed E-state index contributed by atoms with van der Waals surface area (Å²) in [5, 5.41) is 0. The molecule has 0 bridgehead atoms. The van der Waals surface area contributed by atoms with E-state index < -0.39 is 11.6 Å². The molecule has 3 aromatic rings. The zero-order valence-corrected chi connectivity index (χ0v) is 16.8. The van der Waals surface area contributed by atoms with Crippen LogP contribution in [0.1, 0.15) is 41.8 Å². The zero-order valence-electron chi connectivity index (χ0n) is 16.8. The first-order valence-corrected chi connectivity index (χ1v) is 9.60. The number of halogens is 2. The molecular formula is C24H25F2NO. The van der Waals surface area contributed by atoms with Crippen molar-refractivity contribution < 1.29 is 13.5 Å². The molecule has 0 N–H and O–H groups in total. The van der Waals surface area contributed by atoms with E-state index in [2.05, 4.69) is 38.1 Å². The van der Waals surface area contributed by atoms with Gasteiger partial charge in [0.2, 0.25) is 0 Å². The Morgan fingerprint density at radius 2 is 1.50 bits per heavy atom. The lowest BCUT2D eigenvalue weighted by molar-refractivity contribution is 0.300. The summed E-state index contributed by atoms with van der Waals surface area (Å²) in [6, 6.07) is 11.7. The lowest BCUT2D eigenvalue weighted by atomic mass is 9.93. The van der Waals surface area contributed by atoms with E-state index in [4.69, 9.17) is 9.72 Å². The molecule has 0 fully saturated rings. The number of benzene rings is 2. The van der Waals surface area contributed by atoms with Crippen molar-refractivity contribution in [3.8, 4) is 17.0 Å². The number of pyridine rings is 1. The van der Waals surface area contributed by atoms with Gasteiger partial charge in [-0.3, -0.25) is 4.98 Å². The van der Waals surface area contributed by atoms with Gasteiger partial charge in [-0.15, -0.1) is 0 Å². The average Bonchev–Trinajstić information content (AvgIpc) is 2.65. The fraction of sp³-hybridized carbons (Fsp3) is 0.292. The first kappa shape index (κ1) is 20.0. The fourth-order valence-electron chi connectivity index (χ4n) is 3.54. The molecule has 2 nitrogen and oxygen atoms in total. The lowest BCUT2D eigenvalue weighted by Crippen LogP contribution is -2.05. The predicted molar refractivity (Wildman–Crippen MR) is 109 cm³/mol. The second-order valence-corrected chi connectivity index (χ2v) is 6.94. The SMILES string of the molecule is CCc1cccc(CC)c1-c1cc(C)c(COc2cc(F)cc(F)c2)c(C)n1. The summed E-state index contributed by atoms with van der Waals surface area (Å²) in [7, 11) is 0. The summed E-state index contributed by atoms with van der Waals surface area (Å²) < 4.78 is 32.4. The van der Waals surface area contributed by atoms with E-state index in [1.807, 2.05) is 13.8 Å². The number of rotatable bonds is 6. The van der Waals surface area contributed by atoms with E-state index in [1.165, 1.54) is 28.8 Å². The quantitative estimate of drug-likeness (QED) is 0.496. The van der Waals surface area contributed by atoms with E-state index in [9.17, 15) is 8.78 Å². The molecule has 0 atom stereocenters. The van der Waals surface area contributed by atoms with Crippen molar-refractivity contribution in [2.75, 3.05) is 0 Å². The van der Waals surface area contributed by atoms with Crippen LogP contribution in [0.25, 0.3) is 11.3 Å². The van der Waals surface area contributed by atoms with Gasteiger partial charge >= 0.3 is 0 Å². The Kier molecular flexibility index (Phi) is 6.08. The maximum absolute atomic E-state index is 13.4. The second-order valence-electron chi connectivity index (χ2n) is 6.94. The topological polar surface area (TPSA) is 22.1 Å². The van der Waals surface area contributed by atoms with Crippen LogP contribution in [-0.4, -0.2) is 4.98 Å². The van der Waals surface area contributed by atoms with Crippen molar-refractivity contribution in [2.45, 2.75) is 47.1 Å². The number of hydrogen-bond acceptors (Lipinski definition) is 2. The molecule has 2 aromatic carbocycles. The minimum absolute atomic E-state index is 0.171. The Morgan fingerprint density at radius 3 is 2.04 bits per heavy atom. The largest absolute Gasteiger partial charge is 0.489 e. The van der Waals surface area contributed by atoms with Crippen LogP contribution in [0.5, 0.6) is 5.75 Å². The molecule has 0 unspecified atom stereocenters. The van der Waals surface area contributed by atoms with E-state index in [0.29, 0.717) is 0 Å². The summed E-state index contributed by atoms with van der Waals surface area (Å²) >= 11 is 0. The third-order valence-electron chi connectivity index (χ3n) is 5.03. The van der Waals surface area contributed by atoms with Gasteiger partial charge in [0.25, 0.3) is 0 Å². The molecule has 4 heteroatoms. The molecule has 0 saturated carbocycles. The van der Waals surface area contributed by atoms with E-state index >= 15 is 0 Å². The molecule has 0 spiro atoms. The van der Waals surface area contributed by atoms with Gasteiger partial charge in [-0.2, -0.15) is 0 Å². The third kappa shape index (κ3) is 4.22. The maximum Gasteiger partial charge on any atom is 0.129 e. The molecule has 146 valence electrons. The number of ether oxygens (including phenoxy) is 1. The number of aryl methyl sites for hydroxylation is 4. The monoisotopic (exact) mass is 381 g/mol. The highest BCUT2D eigenvalue weighted by Gasteiger charge is 2.14. The second kappa shape index (κ2) is 8.51. The molecule has 1 heterocycles. The van der Waals surface area contributed by atoms with Gasteiger partial charge in [-0.25, -0.2) is 8.78 Å². The summed E-state index contributed by atoms with van der Waals surface area (Å²) in [4.78, 5) is 4.84. The van der Waals surface area contributed by atoms with Gasteiger partial charge in [-0.05, 0) is 49.4 Å². The van der Waals surface area contributed by atoms with Gasteiger partial charge in [0.05, 0.1) is 5.69 Å². The number of hydrogen-bond donors (Lipinski definition) is 0. The molecule has 0 amide bonds. The van der Waals surface area contributed by atoms with Crippen LogP contribution in [0, 0.1) is 25.5 Å². The fourth-order valence-corrected chi connectivity index (χ4v) is 3.54. The highest BCUT2D eigenvalue weighted by molar-refractivity contribution is 5.69. The molecule has 28 heavy (non-hydrogen) atoms. The summed E-state index contributed by atoms with van der Waals surface area (Å²) in [5.41, 5.74) is 7.57. The Morgan fingerprint density at radius 1 is 0.893 bits per heavy atom. The minimum atomic E-state index is -0.653. The van der Waals surface area contributed by atoms with Crippen LogP contribution < -0.4 is 4.74 Å². The van der Waals surface area contributed by atoms with Crippen molar-refractivity contribution in [3.63, 3.8) is 0 Å². The highest BCUT2D eigenvalue weighted by atomic mass is 19.1. The third-order valence-corrected chi connectivity index (χ3v) is 5.03.